The van der Waals surface area contributed by atoms with Crippen molar-refractivity contribution in [1.82, 2.24) is 4.98 Å². The predicted octanol–water partition coefficient (Wildman–Crippen LogP) is 3.79. The molecule has 1 unspecified atom stereocenters. The third-order valence-corrected chi connectivity index (χ3v) is 4.38. The lowest BCUT2D eigenvalue weighted by molar-refractivity contribution is 0.623. The van der Waals surface area contributed by atoms with Crippen LogP contribution in [0.4, 0.5) is 4.39 Å². The number of benzene rings is 1. The molecule has 0 spiro atoms. The molecule has 2 rings (SSSR count). The number of rotatable bonds is 3. The maximum atomic E-state index is 13.3. The number of nitrogens with two attached hydrogens (primary N) is 1. The van der Waals surface area contributed by atoms with Gasteiger partial charge in [0.2, 0.25) is 0 Å². The first-order valence-electron chi connectivity index (χ1n) is 5.61. The molecule has 1 aromatic carbocycles. The molecule has 18 heavy (non-hydrogen) atoms. The fourth-order valence-corrected chi connectivity index (χ4v) is 3.06. The van der Waals surface area contributed by atoms with Gasteiger partial charge in [-0.3, -0.25) is 0 Å². The van der Waals surface area contributed by atoms with Crippen LogP contribution in [-0.4, -0.2) is 4.98 Å². The molecule has 0 aliphatic carbocycles. The largest absolute Gasteiger partial charge is 0.323 e. The molecular formula is C13H14ClFN2S. The highest BCUT2D eigenvalue weighted by atomic mass is 35.5. The number of aryl methyl sites for hydroxylation is 2. The van der Waals surface area contributed by atoms with E-state index >= 15 is 0 Å². The molecule has 2 nitrogen and oxygen atoms in total. The van der Waals surface area contributed by atoms with Crippen LogP contribution in [0.3, 0.4) is 0 Å². The predicted molar refractivity (Wildman–Crippen MR) is 73.6 cm³/mol. The molecule has 1 aromatic heterocycles. The summed E-state index contributed by atoms with van der Waals surface area (Å²) in [5.74, 6) is -0.404. The van der Waals surface area contributed by atoms with Crippen LogP contribution in [0.1, 0.15) is 27.2 Å². The Morgan fingerprint density at radius 1 is 1.44 bits per heavy atom. The van der Waals surface area contributed by atoms with Crippen molar-refractivity contribution in [2.45, 2.75) is 26.3 Å². The molecule has 0 saturated carbocycles. The summed E-state index contributed by atoms with van der Waals surface area (Å²) in [4.78, 5) is 5.38. The third kappa shape index (κ3) is 2.71. The van der Waals surface area contributed by atoms with Crippen LogP contribution in [0.2, 0.25) is 5.02 Å². The van der Waals surface area contributed by atoms with Gasteiger partial charge in [0.1, 0.15) is 5.82 Å². The van der Waals surface area contributed by atoms with Crippen LogP contribution in [0.15, 0.2) is 18.2 Å². The Morgan fingerprint density at radius 2 is 2.17 bits per heavy atom. The minimum Gasteiger partial charge on any atom is -0.323 e. The Labute approximate surface area is 115 Å². The van der Waals surface area contributed by atoms with Crippen LogP contribution in [0.5, 0.6) is 0 Å². The van der Waals surface area contributed by atoms with Gasteiger partial charge in [-0.05, 0) is 31.9 Å². The monoisotopic (exact) mass is 284 g/mol. The number of hydrogen-bond donors (Lipinski definition) is 1. The Bertz CT molecular complexity index is 568. The van der Waals surface area contributed by atoms with Crippen molar-refractivity contribution in [3.05, 3.63) is 50.2 Å². The topological polar surface area (TPSA) is 38.9 Å². The van der Waals surface area contributed by atoms with Crippen molar-refractivity contribution < 1.29 is 4.39 Å². The van der Waals surface area contributed by atoms with Crippen molar-refractivity contribution in [3.8, 4) is 0 Å². The van der Waals surface area contributed by atoms with Crippen molar-refractivity contribution >= 4 is 22.9 Å². The fraction of sp³-hybridized carbons (Fsp3) is 0.308. The SMILES string of the molecule is Cc1nc(C)c(C(N)Cc2cccc(F)c2Cl)s1. The molecule has 96 valence electrons. The van der Waals surface area contributed by atoms with Crippen molar-refractivity contribution in [3.63, 3.8) is 0 Å². The van der Waals surface area contributed by atoms with Gasteiger partial charge in [-0.15, -0.1) is 11.3 Å². The molecule has 0 aliphatic heterocycles. The summed E-state index contributed by atoms with van der Waals surface area (Å²) >= 11 is 7.51. The second-order valence-corrected chi connectivity index (χ2v) is 5.82. The summed E-state index contributed by atoms with van der Waals surface area (Å²) < 4.78 is 13.3. The third-order valence-electron chi connectivity index (χ3n) is 2.75. The molecule has 2 N–H and O–H groups in total. The molecule has 0 saturated heterocycles. The Kier molecular flexibility index (Phi) is 4.00. The summed E-state index contributed by atoms with van der Waals surface area (Å²) in [7, 11) is 0. The lowest BCUT2D eigenvalue weighted by Crippen LogP contribution is -2.13. The summed E-state index contributed by atoms with van der Waals surface area (Å²) in [6.07, 6.45) is 0.513. The number of halogens is 2. The van der Waals surface area contributed by atoms with E-state index in [4.69, 9.17) is 17.3 Å². The normalized spacial score (nSPS) is 12.7. The average Bonchev–Trinajstić information content (AvgIpc) is 2.64. The van der Waals surface area contributed by atoms with Gasteiger partial charge in [0.25, 0.3) is 0 Å². The van der Waals surface area contributed by atoms with Crippen molar-refractivity contribution in [2.75, 3.05) is 0 Å². The minimum absolute atomic E-state index is 0.159. The van der Waals surface area contributed by atoms with Gasteiger partial charge in [0.15, 0.2) is 0 Å². The first kappa shape index (κ1) is 13.5. The maximum absolute atomic E-state index is 13.3. The van der Waals surface area contributed by atoms with E-state index in [0.29, 0.717) is 6.42 Å². The Hall–Kier alpha value is -0.970. The van der Waals surface area contributed by atoms with Crippen LogP contribution in [0, 0.1) is 19.7 Å². The molecule has 1 heterocycles. The summed E-state index contributed by atoms with van der Waals surface area (Å²) in [6.45, 7) is 3.88. The van der Waals surface area contributed by atoms with Gasteiger partial charge >= 0.3 is 0 Å². The van der Waals surface area contributed by atoms with Gasteiger partial charge in [0, 0.05) is 10.9 Å². The highest BCUT2D eigenvalue weighted by Crippen LogP contribution is 2.28. The van der Waals surface area contributed by atoms with E-state index in [1.165, 1.54) is 6.07 Å². The quantitative estimate of drug-likeness (QED) is 0.931. The first-order valence-corrected chi connectivity index (χ1v) is 6.81. The lowest BCUT2D eigenvalue weighted by atomic mass is 10.0. The second kappa shape index (κ2) is 5.34. The first-order chi connectivity index (χ1) is 8.49. The van der Waals surface area contributed by atoms with E-state index in [1.807, 2.05) is 13.8 Å². The molecule has 2 aromatic rings. The van der Waals surface area contributed by atoms with Gasteiger partial charge in [-0.2, -0.15) is 0 Å². The molecule has 5 heteroatoms. The molecular weight excluding hydrogens is 271 g/mol. The Morgan fingerprint density at radius 3 is 2.78 bits per heavy atom. The van der Waals surface area contributed by atoms with E-state index in [-0.39, 0.29) is 11.1 Å². The van der Waals surface area contributed by atoms with Gasteiger partial charge in [-0.25, -0.2) is 9.37 Å². The van der Waals surface area contributed by atoms with Gasteiger partial charge in [0.05, 0.1) is 15.7 Å². The molecule has 0 aliphatic rings. The van der Waals surface area contributed by atoms with Crippen LogP contribution in [0.25, 0.3) is 0 Å². The van der Waals surface area contributed by atoms with Crippen LogP contribution < -0.4 is 5.73 Å². The molecule has 0 amide bonds. The smallest absolute Gasteiger partial charge is 0.142 e. The number of hydrogen-bond acceptors (Lipinski definition) is 3. The minimum atomic E-state index is -0.404. The molecule has 0 fully saturated rings. The van der Waals surface area contributed by atoms with E-state index in [1.54, 1.807) is 23.5 Å². The number of thiazole rings is 1. The number of aromatic nitrogens is 1. The summed E-state index contributed by atoms with van der Waals surface area (Å²) in [6, 6.07) is 4.60. The van der Waals surface area contributed by atoms with Gasteiger partial charge in [-0.1, -0.05) is 23.7 Å². The van der Waals surface area contributed by atoms with Crippen molar-refractivity contribution in [1.29, 1.82) is 0 Å². The summed E-state index contributed by atoms with van der Waals surface area (Å²) in [5, 5.41) is 1.15. The van der Waals surface area contributed by atoms with Gasteiger partial charge < -0.3 is 5.73 Å². The zero-order valence-corrected chi connectivity index (χ0v) is 11.8. The highest BCUT2D eigenvalue weighted by Gasteiger charge is 2.16. The Balaban J connectivity index is 2.24. The van der Waals surface area contributed by atoms with Crippen LogP contribution in [-0.2, 0) is 6.42 Å². The van der Waals surface area contributed by atoms with E-state index in [9.17, 15) is 4.39 Å². The van der Waals surface area contributed by atoms with Crippen LogP contribution >= 0.6 is 22.9 Å². The zero-order chi connectivity index (χ0) is 13.3. The molecule has 0 radical (unpaired) electrons. The van der Waals surface area contributed by atoms with Crippen molar-refractivity contribution in [2.24, 2.45) is 5.73 Å². The molecule has 0 bridgehead atoms. The second-order valence-electron chi connectivity index (χ2n) is 4.21. The summed E-state index contributed by atoms with van der Waals surface area (Å²) in [5.41, 5.74) is 7.82. The van der Waals surface area contributed by atoms with E-state index < -0.39 is 5.82 Å². The fourth-order valence-electron chi connectivity index (χ4n) is 1.93. The molecule has 1 atom stereocenters. The van der Waals surface area contributed by atoms with E-state index in [0.717, 1.165) is 21.1 Å². The maximum Gasteiger partial charge on any atom is 0.142 e. The zero-order valence-electron chi connectivity index (χ0n) is 10.2. The standard InChI is InChI=1S/C13H14ClFN2S/c1-7-13(18-8(2)17-7)11(16)6-9-4-3-5-10(15)12(9)14/h3-5,11H,6,16H2,1-2H3. The number of nitrogens with zero attached hydrogens (tertiary/aromatic N) is 1. The van der Waals surface area contributed by atoms with E-state index in [2.05, 4.69) is 4.98 Å². The lowest BCUT2D eigenvalue weighted by Gasteiger charge is -2.12. The average molecular weight is 285 g/mol. The highest BCUT2D eigenvalue weighted by molar-refractivity contribution is 7.11.